The molecule has 0 saturated heterocycles. The second kappa shape index (κ2) is 47.0. The van der Waals surface area contributed by atoms with Crippen molar-refractivity contribution < 1.29 is 24.5 Å². The first-order valence-electron chi connectivity index (χ1n) is 25.1. The number of carbonyl (C=O) groups is 2. The van der Waals surface area contributed by atoms with Crippen LogP contribution in [0.15, 0.2) is 24.3 Å². The Hall–Kier alpha value is -1.66. The predicted molar refractivity (Wildman–Crippen MR) is 246 cm³/mol. The van der Waals surface area contributed by atoms with E-state index in [0.29, 0.717) is 25.9 Å². The SMILES string of the molecule is CCCCC/C=C\C/C=C\CCCCCCCC(=O)OCCCCCCCCCCCCCCC(=O)NC(CO)C(O)CCCCCCCCCCCCCCC. The van der Waals surface area contributed by atoms with E-state index in [-0.39, 0.29) is 18.5 Å². The Morgan fingerprint density at radius 2 is 0.877 bits per heavy atom. The summed E-state index contributed by atoms with van der Waals surface area (Å²) in [5, 5.41) is 23.2. The number of rotatable bonds is 46. The molecule has 0 radical (unpaired) electrons. The number of hydrogen-bond donors (Lipinski definition) is 3. The van der Waals surface area contributed by atoms with Crippen LogP contribution in [-0.2, 0) is 14.3 Å². The van der Waals surface area contributed by atoms with Gasteiger partial charge in [0, 0.05) is 12.8 Å². The maximum Gasteiger partial charge on any atom is 0.305 e. The lowest BCUT2D eigenvalue weighted by atomic mass is 10.0. The van der Waals surface area contributed by atoms with Gasteiger partial charge in [0.25, 0.3) is 0 Å². The van der Waals surface area contributed by atoms with E-state index < -0.39 is 12.1 Å². The van der Waals surface area contributed by atoms with Crippen LogP contribution in [0.25, 0.3) is 0 Å². The fourth-order valence-corrected chi connectivity index (χ4v) is 7.61. The number of unbranched alkanes of at least 4 members (excludes halogenated alkanes) is 31. The van der Waals surface area contributed by atoms with Crippen LogP contribution in [0.5, 0.6) is 0 Å². The highest BCUT2D eigenvalue weighted by Crippen LogP contribution is 2.16. The molecule has 2 unspecified atom stereocenters. The van der Waals surface area contributed by atoms with Crippen molar-refractivity contribution in [2.75, 3.05) is 13.2 Å². The number of aliphatic hydroxyl groups excluding tert-OH is 2. The van der Waals surface area contributed by atoms with Crippen LogP contribution in [0.2, 0.25) is 0 Å². The van der Waals surface area contributed by atoms with Crippen molar-refractivity contribution in [3.8, 4) is 0 Å². The number of ether oxygens (including phenoxy) is 1. The third kappa shape index (κ3) is 43.7. The molecule has 57 heavy (non-hydrogen) atoms. The molecule has 0 aromatic heterocycles. The smallest absolute Gasteiger partial charge is 0.305 e. The molecule has 0 aromatic rings. The van der Waals surface area contributed by atoms with Gasteiger partial charge in [-0.15, -0.1) is 0 Å². The lowest BCUT2D eigenvalue weighted by Gasteiger charge is -2.22. The van der Waals surface area contributed by atoms with Gasteiger partial charge in [0.05, 0.1) is 25.4 Å². The Bertz CT molecular complexity index is 889. The van der Waals surface area contributed by atoms with E-state index >= 15 is 0 Å². The lowest BCUT2D eigenvalue weighted by Crippen LogP contribution is -2.45. The quantitative estimate of drug-likeness (QED) is 0.0324. The van der Waals surface area contributed by atoms with Crippen LogP contribution >= 0.6 is 0 Å². The normalized spacial score (nSPS) is 12.8. The Kier molecular flexibility index (Phi) is 45.7. The average Bonchev–Trinajstić information content (AvgIpc) is 3.21. The van der Waals surface area contributed by atoms with Gasteiger partial charge in [0.15, 0.2) is 0 Å². The van der Waals surface area contributed by atoms with Crippen molar-refractivity contribution in [1.82, 2.24) is 5.32 Å². The van der Waals surface area contributed by atoms with Crippen LogP contribution in [0.1, 0.15) is 264 Å². The summed E-state index contributed by atoms with van der Waals surface area (Å²) in [5.41, 5.74) is 0. The van der Waals surface area contributed by atoms with Gasteiger partial charge in [-0.2, -0.15) is 0 Å². The molecule has 0 aliphatic carbocycles. The monoisotopic (exact) mass is 804 g/mol. The minimum Gasteiger partial charge on any atom is -0.466 e. The molecule has 6 nitrogen and oxygen atoms in total. The van der Waals surface area contributed by atoms with Crippen LogP contribution in [0, 0.1) is 0 Å². The molecular weight excluding hydrogens is 707 g/mol. The highest BCUT2D eigenvalue weighted by Gasteiger charge is 2.20. The van der Waals surface area contributed by atoms with E-state index in [2.05, 4.69) is 43.5 Å². The van der Waals surface area contributed by atoms with Crippen LogP contribution < -0.4 is 5.32 Å². The fraction of sp³-hybridized carbons (Fsp3) is 0.882. The molecular formula is C51H97NO5. The van der Waals surface area contributed by atoms with Crippen LogP contribution in [-0.4, -0.2) is 47.4 Å². The third-order valence-corrected chi connectivity index (χ3v) is 11.5. The fourth-order valence-electron chi connectivity index (χ4n) is 7.61. The van der Waals surface area contributed by atoms with Crippen molar-refractivity contribution >= 4 is 11.9 Å². The van der Waals surface area contributed by atoms with Gasteiger partial charge in [0.2, 0.25) is 5.91 Å². The Labute approximate surface area is 354 Å². The number of carbonyl (C=O) groups excluding carboxylic acids is 2. The number of amides is 1. The molecule has 3 N–H and O–H groups in total. The standard InChI is InChI=1S/C51H97NO5/c1-3-5-7-9-11-13-15-17-18-20-25-29-33-37-41-45-51(56)57-46-42-38-34-30-26-22-21-24-28-32-36-40-44-50(55)52-48(47-53)49(54)43-39-35-31-27-23-19-16-14-12-10-8-6-4-2/h11,13,17-18,48-49,53-54H,3-10,12,14-16,19-47H2,1-2H3,(H,52,55)/b13-11-,18-17-. The molecule has 0 aliphatic rings. The molecule has 336 valence electrons. The van der Waals surface area contributed by atoms with E-state index in [1.165, 1.54) is 161 Å². The molecule has 6 heteroatoms. The van der Waals surface area contributed by atoms with Crippen LogP contribution in [0.4, 0.5) is 0 Å². The lowest BCUT2D eigenvalue weighted by molar-refractivity contribution is -0.143. The molecule has 0 aromatic carbocycles. The number of allylic oxidation sites excluding steroid dienone is 4. The van der Waals surface area contributed by atoms with Crippen molar-refractivity contribution in [2.45, 2.75) is 276 Å². The number of esters is 1. The molecule has 0 fully saturated rings. The maximum atomic E-state index is 12.4. The summed E-state index contributed by atoms with van der Waals surface area (Å²) in [7, 11) is 0. The predicted octanol–water partition coefficient (Wildman–Crippen LogP) is 14.7. The van der Waals surface area contributed by atoms with E-state index in [1.54, 1.807) is 0 Å². The number of nitrogens with one attached hydrogen (secondary N) is 1. The van der Waals surface area contributed by atoms with Gasteiger partial charge in [-0.05, 0) is 57.8 Å². The van der Waals surface area contributed by atoms with Crippen molar-refractivity contribution in [2.24, 2.45) is 0 Å². The Morgan fingerprint density at radius 1 is 0.491 bits per heavy atom. The zero-order chi connectivity index (χ0) is 41.5. The highest BCUT2D eigenvalue weighted by molar-refractivity contribution is 5.76. The van der Waals surface area contributed by atoms with E-state index in [1.807, 2.05) is 0 Å². The van der Waals surface area contributed by atoms with Gasteiger partial charge < -0.3 is 20.3 Å². The first kappa shape index (κ1) is 55.3. The zero-order valence-electron chi connectivity index (χ0n) is 38.1. The summed E-state index contributed by atoms with van der Waals surface area (Å²) in [6.45, 7) is 4.88. The van der Waals surface area contributed by atoms with Crippen LogP contribution in [0.3, 0.4) is 0 Å². The molecule has 1 amide bonds. The second-order valence-electron chi connectivity index (χ2n) is 17.1. The molecule has 0 heterocycles. The maximum absolute atomic E-state index is 12.4. The molecule has 0 saturated carbocycles. The van der Waals surface area contributed by atoms with Gasteiger partial charge in [-0.3, -0.25) is 9.59 Å². The minimum atomic E-state index is -0.674. The summed E-state index contributed by atoms with van der Waals surface area (Å²) < 4.78 is 5.45. The zero-order valence-corrected chi connectivity index (χ0v) is 38.1. The van der Waals surface area contributed by atoms with E-state index in [0.717, 1.165) is 70.6 Å². The Balaban J connectivity index is 3.47. The van der Waals surface area contributed by atoms with Gasteiger partial charge in [0.1, 0.15) is 0 Å². The van der Waals surface area contributed by atoms with Gasteiger partial charge >= 0.3 is 5.97 Å². The molecule has 0 aliphatic heterocycles. The molecule has 0 spiro atoms. The number of hydrogen-bond acceptors (Lipinski definition) is 5. The van der Waals surface area contributed by atoms with Gasteiger partial charge in [-0.25, -0.2) is 0 Å². The largest absolute Gasteiger partial charge is 0.466 e. The number of aliphatic hydroxyl groups is 2. The molecule has 0 rings (SSSR count). The highest BCUT2D eigenvalue weighted by atomic mass is 16.5. The minimum absolute atomic E-state index is 0.0234. The van der Waals surface area contributed by atoms with Gasteiger partial charge in [-0.1, -0.05) is 218 Å². The summed E-state index contributed by atoms with van der Waals surface area (Å²) in [6.07, 6.45) is 54.2. The topological polar surface area (TPSA) is 95.9 Å². The molecule has 2 atom stereocenters. The van der Waals surface area contributed by atoms with Crippen molar-refractivity contribution in [3.63, 3.8) is 0 Å². The molecule has 0 bridgehead atoms. The van der Waals surface area contributed by atoms with E-state index in [9.17, 15) is 19.8 Å². The first-order chi connectivity index (χ1) is 28.0. The Morgan fingerprint density at radius 3 is 1.37 bits per heavy atom. The first-order valence-corrected chi connectivity index (χ1v) is 25.1. The summed E-state index contributed by atoms with van der Waals surface area (Å²) in [5.74, 6) is -0.0752. The summed E-state index contributed by atoms with van der Waals surface area (Å²) in [6, 6.07) is -0.553. The second-order valence-corrected chi connectivity index (χ2v) is 17.1. The third-order valence-electron chi connectivity index (χ3n) is 11.5. The van der Waals surface area contributed by atoms with E-state index in [4.69, 9.17) is 4.74 Å². The summed E-state index contributed by atoms with van der Waals surface area (Å²) >= 11 is 0. The van der Waals surface area contributed by atoms with Crippen molar-refractivity contribution in [1.29, 1.82) is 0 Å². The average molecular weight is 804 g/mol. The van der Waals surface area contributed by atoms with Crippen molar-refractivity contribution in [3.05, 3.63) is 24.3 Å². The summed E-state index contributed by atoms with van der Waals surface area (Å²) in [4.78, 5) is 24.4.